The zero-order valence-corrected chi connectivity index (χ0v) is 7.10. The molecule has 0 radical (unpaired) electrons. The molecule has 2 heterocycles. The van der Waals surface area contributed by atoms with Crippen molar-refractivity contribution in [1.82, 2.24) is 5.32 Å². The van der Waals surface area contributed by atoms with Crippen molar-refractivity contribution in [2.24, 2.45) is 5.92 Å². The van der Waals surface area contributed by atoms with Gasteiger partial charge in [0.1, 0.15) is 5.92 Å². The quantitative estimate of drug-likeness (QED) is 0.554. The predicted octanol–water partition coefficient (Wildman–Crippen LogP) is 0.0901. The molecule has 0 aromatic heterocycles. The Morgan fingerprint density at radius 3 is 3.00 bits per heavy atom. The van der Waals surface area contributed by atoms with Crippen LogP contribution in [-0.4, -0.2) is 23.9 Å². The van der Waals surface area contributed by atoms with Crippen molar-refractivity contribution in [3.63, 3.8) is 0 Å². The van der Waals surface area contributed by atoms with Crippen molar-refractivity contribution in [3.8, 4) is 0 Å². The third kappa shape index (κ3) is 0.700. The molecule has 0 aromatic carbocycles. The van der Waals surface area contributed by atoms with Gasteiger partial charge >= 0.3 is 12.1 Å². The van der Waals surface area contributed by atoms with Crippen LogP contribution in [0.25, 0.3) is 0 Å². The largest absolute Gasteiger partial charge is 0.421 e. The van der Waals surface area contributed by atoms with E-state index in [4.69, 9.17) is 9.47 Å². The summed E-state index contributed by atoms with van der Waals surface area (Å²) in [6.45, 7) is 0. The molecule has 5 heteroatoms. The molecule has 1 N–H and O–H groups in total. The van der Waals surface area contributed by atoms with Gasteiger partial charge < -0.3 is 14.8 Å². The maximum Gasteiger partial charge on any atom is 0.411 e. The van der Waals surface area contributed by atoms with Crippen molar-refractivity contribution in [1.29, 1.82) is 0 Å². The van der Waals surface area contributed by atoms with E-state index in [1.165, 1.54) is 0 Å². The van der Waals surface area contributed by atoms with Gasteiger partial charge in [0.2, 0.25) is 0 Å². The summed E-state index contributed by atoms with van der Waals surface area (Å²) < 4.78 is 9.78. The fourth-order valence-corrected chi connectivity index (χ4v) is 2.03. The highest BCUT2D eigenvalue weighted by atomic mass is 16.7. The van der Waals surface area contributed by atoms with Gasteiger partial charge in [0, 0.05) is 0 Å². The average Bonchev–Trinajstić information content (AvgIpc) is 2.55. The minimum Gasteiger partial charge on any atom is -0.421 e. The number of hydrogen-bond acceptors (Lipinski definition) is 4. The van der Waals surface area contributed by atoms with Gasteiger partial charge in [0.15, 0.2) is 5.54 Å². The number of esters is 1. The molecule has 2 fully saturated rings. The molecular weight excluding hydrogens is 186 g/mol. The van der Waals surface area contributed by atoms with Crippen molar-refractivity contribution >= 4 is 12.1 Å². The number of amides is 1. The molecule has 1 spiro atoms. The molecule has 0 aromatic rings. The second-order valence-corrected chi connectivity index (χ2v) is 3.45. The van der Waals surface area contributed by atoms with Gasteiger partial charge in [-0.2, -0.15) is 0 Å². The molecule has 0 saturated carbocycles. The number of carbonyl (C=O) groups excluding carboxylic acids is 2. The first-order valence-electron chi connectivity index (χ1n) is 4.28. The summed E-state index contributed by atoms with van der Waals surface area (Å²) in [5.41, 5.74) is -0.817. The number of rotatable bonds is 0. The minimum atomic E-state index is -0.825. The topological polar surface area (TPSA) is 64.6 Å². The lowest BCUT2D eigenvalue weighted by Crippen LogP contribution is -2.49. The van der Waals surface area contributed by atoms with E-state index in [0.29, 0.717) is 0 Å². The van der Waals surface area contributed by atoms with Crippen LogP contribution >= 0.6 is 0 Å². The number of carbonyl (C=O) groups is 2. The molecule has 3 aliphatic rings. The monoisotopic (exact) mass is 193 g/mol. The fraction of sp³-hybridized carbons (Fsp3) is 0.333. The van der Waals surface area contributed by atoms with Crippen LogP contribution < -0.4 is 5.32 Å². The van der Waals surface area contributed by atoms with Crippen molar-refractivity contribution in [2.45, 2.75) is 11.8 Å². The van der Waals surface area contributed by atoms with Gasteiger partial charge in [-0.25, -0.2) is 4.79 Å². The first-order chi connectivity index (χ1) is 6.72. The number of allylic oxidation sites excluding steroid dienone is 2. The number of nitrogens with one attached hydrogen (secondary N) is 1. The Hall–Kier alpha value is -1.78. The third-order valence-electron chi connectivity index (χ3n) is 2.70. The first-order valence-corrected chi connectivity index (χ1v) is 4.28. The smallest absolute Gasteiger partial charge is 0.411 e. The Bertz CT molecular complexity index is 386. The van der Waals surface area contributed by atoms with Crippen LogP contribution in [0.15, 0.2) is 24.3 Å². The molecule has 14 heavy (non-hydrogen) atoms. The van der Waals surface area contributed by atoms with Gasteiger partial charge in [-0.1, -0.05) is 24.3 Å². The standard InChI is InChI=1S/C9H7NO4/c11-6-5-3-1-2-4-9(5)7(13-6)14-8(12)10-9/h1-5,7H,(H,10,12). The van der Waals surface area contributed by atoms with Crippen LogP contribution in [-0.2, 0) is 14.3 Å². The van der Waals surface area contributed by atoms with E-state index >= 15 is 0 Å². The summed E-state index contributed by atoms with van der Waals surface area (Å²) in [5, 5.41) is 2.62. The third-order valence-corrected chi connectivity index (χ3v) is 2.70. The lowest BCUT2D eigenvalue weighted by Gasteiger charge is -2.24. The van der Waals surface area contributed by atoms with Gasteiger partial charge in [-0.3, -0.25) is 4.79 Å². The highest BCUT2D eigenvalue weighted by molar-refractivity contribution is 5.85. The van der Waals surface area contributed by atoms with Crippen molar-refractivity contribution in [3.05, 3.63) is 24.3 Å². The normalized spacial score (nSPS) is 42.6. The highest BCUT2D eigenvalue weighted by Crippen LogP contribution is 2.40. The predicted molar refractivity (Wildman–Crippen MR) is 44.0 cm³/mol. The minimum absolute atomic E-state index is 0.365. The van der Waals surface area contributed by atoms with Crippen molar-refractivity contribution < 1.29 is 19.1 Å². The molecule has 2 saturated heterocycles. The summed E-state index contributed by atoms with van der Waals surface area (Å²) in [6, 6.07) is 0. The lowest BCUT2D eigenvalue weighted by atomic mass is 9.83. The SMILES string of the molecule is O=C1NC23C=CC=CC2C(=O)OC3O1. The van der Waals surface area contributed by atoms with Crippen molar-refractivity contribution in [2.75, 3.05) is 0 Å². The van der Waals surface area contributed by atoms with Gasteiger partial charge in [0.25, 0.3) is 6.29 Å². The molecule has 3 atom stereocenters. The Balaban J connectivity index is 2.10. The van der Waals surface area contributed by atoms with Gasteiger partial charge in [-0.05, 0) is 0 Å². The number of hydrogen-bond donors (Lipinski definition) is 1. The summed E-state index contributed by atoms with van der Waals surface area (Å²) >= 11 is 0. The Kier molecular flexibility index (Phi) is 1.18. The van der Waals surface area contributed by atoms with E-state index in [9.17, 15) is 9.59 Å². The summed E-state index contributed by atoms with van der Waals surface area (Å²) in [7, 11) is 0. The van der Waals surface area contributed by atoms with E-state index in [0.717, 1.165) is 0 Å². The van der Waals surface area contributed by atoms with Crippen LogP contribution in [0.5, 0.6) is 0 Å². The second kappa shape index (κ2) is 2.17. The molecular formula is C9H7NO4. The second-order valence-electron chi connectivity index (χ2n) is 3.45. The zero-order valence-electron chi connectivity index (χ0n) is 7.10. The van der Waals surface area contributed by atoms with Crippen LogP contribution in [0.3, 0.4) is 0 Å². The van der Waals surface area contributed by atoms with Crippen LogP contribution in [0, 0.1) is 5.92 Å². The summed E-state index contributed by atoms with van der Waals surface area (Å²) in [5.74, 6) is -0.834. The lowest BCUT2D eigenvalue weighted by molar-refractivity contribution is -0.153. The molecule has 0 bridgehead atoms. The molecule has 3 unspecified atom stereocenters. The van der Waals surface area contributed by atoms with Crippen LogP contribution in [0.1, 0.15) is 0 Å². The summed E-state index contributed by atoms with van der Waals surface area (Å²) in [6.07, 6.45) is 5.58. The Labute approximate surface area is 79.4 Å². The molecule has 1 amide bonds. The van der Waals surface area contributed by atoms with E-state index in [1.54, 1.807) is 24.3 Å². The molecule has 1 aliphatic carbocycles. The Morgan fingerprint density at radius 1 is 1.29 bits per heavy atom. The molecule has 2 aliphatic heterocycles. The summed E-state index contributed by atoms with van der Waals surface area (Å²) in [4.78, 5) is 22.4. The van der Waals surface area contributed by atoms with Gasteiger partial charge in [-0.15, -0.1) is 0 Å². The fourth-order valence-electron chi connectivity index (χ4n) is 2.03. The van der Waals surface area contributed by atoms with E-state index in [-0.39, 0.29) is 5.97 Å². The maximum absolute atomic E-state index is 11.4. The highest BCUT2D eigenvalue weighted by Gasteiger charge is 2.62. The van der Waals surface area contributed by atoms with Crippen LogP contribution in [0.4, 0.5) is 4.79 Å². The molecule has 5 nitrogen and oxygen atoms in total. The maximum atomic E-state index is 11.4. The van der Waals surface area contributed by atoms with Gasteiger partial charge in [0.05, 0.1) is 0 Å². The van der Waals surface area contributed by atoms with Crippen LogP contribution in [0.2, 0.25) is 0 Å². The molecule has 72 valence electrons. The van der Waals surface area contributed by atoms with E-state index < -0.39 is 23.8 Å². The Morgan fingerprint density at radius 2 is 2.14 bits per heavy atom. The zero-order chi connectivity index (χ0) is 9.76. The van der Waals surface area contributed by atoms with E-state index in [1.807, 2.05) is 0 Å². The van der Waals surface area contributed by atoms with E-state index in [2.05, 4.69) is 5.32 Å². The number of ether oxygens (including phenoxy) is 2. The number of alkyl carbamates (subject to hydrolysis) is 1. The molecule has 3 rings (SSSR count). The average molecular weight is 193 g/mol. The first kappa shape index (κ1) is 7.61.